The molecule has 0 radical (unpaired) electrons. The SMILES string of the molecule is Oc1cccc(C2Nc3ccccc3-c3nc4ccccc4n32)c1O. The zero-order chi connectivity index (χ0) is 17.0. The second-order valence-corrected chi connectivity index (χ2v) is 6.10. The van der Waals surface area contributed by atoms with Crippen molar-refractivity contribution in [2.45, 2.75) is 6.17 Å². The predicted octanol–water partition coefficient (Wildman–Crippen LogP) is 4.09. The van der Waals surface area contributed by atoms with Crippen LogP contribution in [-0.2, 0) is 0 Å². The van der Waals surface area contributed by atoms with Gasteiger partial charge in [-0.2, -0.15) is 0 Å². The first-order valence-corrected chi connectivity index (χ1v) is 8.08. The van der Waals surface area contributed by atoms with Gasteiger partial charge in [-0.3, -0.25) is 4.57 Å². The Morgan fingerprint density at radius 1 is 0.880 bits per heavy atom. The maximum absolute atomic E-state index is 10.4. The smallest absolute Gasteiger partial charge is 0.164 e. The van der Waals surface area contributed by atoms with Gasteiger partial charge in [-0.1, -0.05) is 36.4 Å². The van der Waals surface area contributed by atoms with E-state index in [0.29, 0.717) is 5.56 Å². The lowest BCUT2D eigenvalue weighted by atomic mass is 10.0. The van der Waals surface area contributed by atoms with Crippen molar-refractivity contribution in [3.63, 3.8) is 0 Å². The van der Waals surface area contributed by atoms with Gasteiger partial charge in [0.25, 0.3) is 0 Å². The summed E-state index contributed by atoms with van der Waals surface area (Å²) in [5.74, 6) is 0.579. The number of nitrogens with one attached hydrogen (secondary N) is 1. The van der Waals surface area contributed by atoms with Crippen LogP contribution in [0.15, 0.2) is 66.7 Å². The van der Waals surface area contributed by atoms with Crippen molar-refractivity contribution >= 4 is 16.7 Å². The third-order valence-electron chi connectivity index (χ3n) is 4.65. The van der Waals surface area contributed by atoms with Gasteiger partial charge in [0.2, 0.25) is 0 Å². The lowest BCUT2D eigenvalue weighted by molar-refractivity contribution is 0.395. The van der Waals surface area contributed by atoms with Crippen molar-refractivity contribution in [2.24, 2.45) is 0 Å². The average molecular weight is 329 g/mol. The van der Waals surface area contributed by atoms with Gasteiger partial charge in [-0.15, -0.1) is 0 Å². The maximum Gasteiger partial charge on any atom is 0.164 e. The molecule has 4 aromatic rings. The normalized spacial score (nSPS) is 15.4. The summed E-state index contributed by atoms with van der Waals surface area (Å²) in [6.07, 6.45) is -0.371. The van der Waals surface area contributed by atoms with Crippen molar-refractivity contribution in [3.8, 4) is 22.9 Å². The molecule has 5 rings (SSSR count). The van der Waals surface area contributed by atoms with Crippen LogP contribution >= 0.6 is 0 Å². The number of hydrogen-bond donors (Lipinski definition) is 3. The largest absolute Gasteiger partial charge is 0.504 e. The molecular formula is C20H15N3O2. The highest BCUT2D eigenvalue weighted by Crippen LogP contribution is 2.43. The molecule has 2 heterocycles. The van der Waals surface area contributed by atoms with Gasteiger partial charge in [0.05, 0.1) is 11.0 Å². The number of imidazole rings is 1. The summed E-state index contributed by atoms with van der Waals surface area (Å²) in [4.78, 5) is 4.80. The van der Waals surface area contributed by atoms with Crippen LogP contribution in [0.3, 0.4) is 0 Å². The van der Waals surface area contributed by atoms with Crippen molar-refractivity contribution < 1.29 is 10.2 Å². The zero-order valence-electron chi connectivity index (χ0n) is 13.2. The molecule has 122 valence electrons. The van der Waals surface area contributed by atoms with Crippen LogP contribution in [0.4, 0.5) is 5.69 Å². The molecule has 0 amide bonds. The molecule has 0 aliphatic carbocycles. The third-order valence-corrected chi connectivity index (χ3v) is 4.65. The molecule has 0 spiro atoms. The molecule has 1 aliphatic rings. The minimum absolute atomic E-state index is 0.122. The number of fused-ring (bicyclic) bond motifs is 5. The Balaban J connectivity index is 1.85. The fourth-order valence-electron chi connectivity index (χ4n) is 3.50. The Bertz CT molecular complexity index is 1120. The van der Waals surface area contributed by atoms with Crippen LogP contribution in [0.5, 0.6) is 11.5 Å². The molecule has 1 unspecified atom stereocenters. The highest BCUT2D eigenvalue weighted by atomic mass is 16.3. The van der Waals surface area contributed by atoms with E-state index >= 15 is 0 Å². The Labute approximate surface area is 143 Å². The number of aromatic nitrogens is 2. The molecule has 1 aromatic heterocycles. The number of para-hydroxylation sites is 4. The molecule has 1 aliphatic heterocycles. The van der Waals surface area contributed by atoms with E-state index in [1.807, 2.05) is 48.5 Å². The highest BCUT2D eigenvalue weighted by Gasteiger charge is 2.30. The summed E-state index contributed by atoms with van der Waals surface area (Å²) in [7, 11) is 0. The standard InChI is InChI=1S/C20H15N3O2/c24-17-11-5-7-13(18(17)25)20-21-14-8-2-1-6-12(14)19-22-15-9-3-4-10-16(15)23(19)20/h1-11,20-21,24-25H. The van der Waals surface area contributed by atoms with Crippen LogP contribution in [0, 0.1) is 0 Å². The molecular weight excluding hydrogens is 314 g/mol. The number of benzene rings is 3. The second-order valence-electron chi connectivity index (χ2n) is 6.10. The van der Waals surface area contributed by atoms with Crippen molar-refractivity contribution in [1.82, 2.24) is 9.55 Å². The Morgan fingerprint density at radius 2 is 1.68 bits per heavy atom. The quantitative estimate of drug-likeness (QED) is 0.460. The molecule has 5 heteroatoms. The zero-order valence-corrected chi connectivity index (χ0v) is 13.2. The van der Waals surface area contributed by atoms with Gasteiger partial charge in [-0.05, 0) is 30.3 Å². The number of phenolic OH excluding ortho intramolecular Hbond substituents is 2. The number of phenols is 2. The molecule has 25 heavy (non-hydrogen) atoms. The van der Waals surface area contributed by atoms with Gasteiger partial charge < -0.3 is 15.5 Å². The molecule has 3 aromatic carbocycles. The summed E-state index contributed by atoms with van der Waals surface area (Å²) in [5.41, 5.74) is 4.40. The number of hydrogen-bond acceptors (Lipinski definition) is 4. The van der Waals surface area contributed by atoms with E-state index in [2.05, 4.69) is 9.88 Å². The van der Waals surface area contributed by atoms with Crippen molar-refractivity contribution in [1.29, 1.82) is 0 Å². The first-order valence-electron chi connectivity index (χ1n) is 8.08. The van der Waals surface area contributed by atoms with Gasteiger partial charge in [0, 0.05) is 16.8 Å². The number of rotatable bonds is 1. The lowest BCUT2D eigenvalue weighted by Gasteiger charge is -2.30. The minimum Gasteiger partial charge on any atom is -0.504 e. The summed E-state index contributed by atoms with van der Waals surface area (Å²) in [6.45, 7) is 0. The van der Waals surface area contributed by atoms with Crippen LogP contribution in [0.25, 0.3) is 22.4 Å². The van der Waals surface area contributed by atoms with E-state index < -0.39 is 0 Å². The van der Waals surface area contributed by atoms with Crippen molar-refractivity contribution in [2.75, 3.05) is 5.32 Å². The molecule has 0 saturated heterocycles. The van der Waals surface area contributed by atoms with Gasteiger partial charge in [0.1, 0.15) is 12.0 Å². The van der Waals surface area contributed by atoms with E-state index in [4.69, 9.17) is 4.98 Å². The molecule has 0 fully saturated rings. The molecule has 1 atom stereocenters. The van der Waals surface area contributed by atoms with Gasteiger partial charge in [0.15, 0.2) is 11.5 Å². The first-order chi connectivity index (χ1) is 12.2. The summed E-state index contributed by atoms with van der Waals surface area (Å²) in [5, 5.41) is 23.8. The number of anilines is 1. The molecule has 0 bridgehead atoms. The fourth-order valence-corrected chi connectivity index (χ4v) is 3.50. The number of aromatic hydroxyl groups is 2. The summed E-state index contributed by atoms with van der Waals surface area (Å²) in [6, 6.07) is 20.9. The third kappa shape index (κ3) is 1.92. The molecule has 0 saturated carbocycles. The second kappa shape index (κ2) is 5.01. The summed E-state index contributed by atoms with van der Waals surface area (Å²) < 4.78 is 2.06. The lowest BCUT2D eigenvalue weighted by Crippen LogP contribution is -2.24. The van der Waals surface area contributed by atoms with Crippen LogP contribution in [-0.4, -0.2) is 19.8 Å². The van der Waals surface area contributed by atoms with E-state index in [1.54, 1.807) is 12.1 Å². The monoisotopic (exact) mass is 329 g/mol. The Kier molecular flexibility index (Phi) is 2.79. The van der Waals surface area contributed by atoms with Crippen LogP contribution in [0.1, 0.15) is 11.7 Å². The van der Waals surface area contributed by atoms with E-state index in [9.17, 15) is 10.2 Å². The first kappa shape index (κ1) is 13.9. The summed E-state index contributed by atoms with van der Waals surface area (Å²) >= 11 is 0. The number of nitrogens with zero attached hydrogens (tertiary/aromatic N) is 2. The topological polar surface area (TPSA) is 70.3 Å². The van der Waals surface area contributed by atoms with Gasteiger partial charge >= 0.3 is 0 Å². The van der Waals surface area contributed by atoms with Crippen molar-refractivity contribution in [3.05, 3.63) is 72.3 Å². The van der Waals surface area contributed by atoms with E-state index in [1.165, 1.54) is 6.07 Å². The molecule has 3 N–H and O–H groups in total. The maximum atomic E-state index is 10.4. The molecule has 5 nitrogen and oxygen atoms in total. The fraction of sp³-hybridized carbons (Fsp3) is 0.0500. The Morgan fingerprint density at radius 3 is 2.60 bits per heavy atom. The Hall–Kier alpha value is -3.47. The van der Waals surface area contributed by atoms with E-state index in [-0.39, 0.29) is 17.7 Å². The van der Waals surface area contributed by atoms with Crippen LogP contribution in [0.2, 0.25) is 0 Å². The van der Waals surface area contributed by atoms with Crippen LogP contribution < -0.4 is 5.32 Å². The predicted molar refractivity (Wildman–Crippen MR) is 96.7 cm³/mol. The highest BCUT2D eigenvalue weighted by molar-refractivity contribution is 5.87. The van der Waals surface area contributed by atoms with Gasteiger partial charge in [-0.25, -0.2) is 4.98 Å². The minimum atomic E-state index is -0.371. The van der Waals surface area contributed by atoms with E-state index in [0.717, 1.165) is 28.1 Å². The average Bonchev–Trinajstić information content (AvgIpc) is 3.03.